The van der Waals surface area contributed by atoms with Gasteiger partial charge in [0.25, 0.3) is 0 Å². The lowest BCUT2D eigenvalue weighted by molar-refractivity contribution is -0.117. The fraction of sp³-hybridized carbons (Fsp3) is 0.222. The van der Waals surface area contributed by atoms with Gasteiger partial charge in [0.2, 0.25) is 5.91 Å². The van der Waals surface area contributed by atoms with Crippen molar-refractivity contribution in [1.82, 2.24) is 0 Å². The van der Waals surface area contributed by atoms with Gasteiger partial charge in [-0.05, 0) is 18.2 Å². The van der Waals surface area contributed by atoms with Crippen LogP contribution in [0.15, 0.2) is 29.2 Å². The second kappa shape index (κ2) is 4.31. The van der Waals surface area contributed by atoms with Gasteiger partial charge in [-0.2, -0.15) is 0 Å². The van der Waals surface area contributed by atoms with Gasteiger partial charge in [0.1, 0.15) is 0 Å². The quantitative estimate of drug-likeness (QED) is 0.703. The van der Waals surface area contributed by atoms with Gasteiger partial charge < -0.3 is 11.5 Å². The van der Waals surface area contributed by atoms with Crippen LogP contribution in [0.4, 0.5) is 5.69 Å². The van der Waals surface area contributed by atoms with Crippen LogP contribution < -0.4 is 11.5 Å². The van der Waals surface area contributed by atoms with Crippen molar-refractivity contribution in [2.24, 2.45) is 5.73 Å². The highest BCUT2D eigenvalue weighted by atomic mass is 32.2. The van der Waals surface area contributed by atoms with Crippen LogP contribution in [0.2, 0.25) is 0 Å². The Balaban J connectivity index is 2.91. The number of carbonyl (C=O) groups is 1. The number of anilines is 1. The van der Waals surface area contributed by atoms with Gasteiger partial charge in [-0.25, -0.2) is 8.42 Å². The summed E-state index contributed by atoms with van der Waals surface area (Å²) in [5.74, 6) is -0.923. The van der Waals surface area contributed by atoms with Gasteiger partial charge in [-0.15, -0.1) is 0 Å². The number of nitrogen functional groups attached to an aromatic ring is 1. The summed E-state index contributed by atoms with van der Waals surface area (Å²) in [6, 6.07) is 5.93. The maximum Gasteiger partial charge on any atom is 0.218 e. The van der Waals surface area contributed by atoms with Crippen LogP contribution in [0, 0.1) is 0 Å². The summed E-state index contributed by atoms with van der Waals surface area (Å²) in [7, 11) is -3.46. The molecule has 1 aromatic rings. The largest absolute Gasteiger partial charge is 0.399 e. The topological polar surface area (TPSA) is 103 Å². The summed E-state index contributed by atoms with van der Waals surface area (Å²) in [6.07, 6.45) is -0.183. The first-order chi connectivity index (χ1) is 6.92. The monoisotopic (exact) mass is 228 g/mol. The Bertz CT molecular complexity index is 468. The number of nitrogens with two attached hydrogens (primary N) is 2. The highest BCUT2D eigenvalue weighted by molar-refractivity contribution is 7.91. The first-order valence-electron chi connectivity index (χ1n) is 4.28. The zero-order chi connectivity index (χ0) is 11.5. The summed E-state index contributed by atoms with van der Waals surface area (Å²) in [4.78, 5) is 10.6. The number of hydrogen-bond donors (Lipinski definition) is 2. The molecule has 6 heteroatoms. The molecule has 0 heterocycles. The predicted molar refractivity (Wildman–Crippen MR) is 56.7 cm³/mol. The van der Waals surface area contributed by atoms with E-state index in [1.54, 1.807) is 12.1 Å². The van der Waals surface area contributed by atoms with Crippen LogP contribution in [-0.2, 0) is 14.6 Å². The molecule has 0 saturated carbocycles. The summed E-state index contributed by atoms with van der Waals surface area (Å²) in [5.41, 5.74) is 10.7. The van der Waals surface area contributed by atoms with E-state index in [2.05, 4.69) is 0 Å². The van der Waals surface area contributed by atoms with Crippen LogP contribution in [-0.4, -0.2) is 20.1 Å². The van der Waals surface area contributed by atoms with E-state index in [1.165, 1.54) is 12.1 Å². The Labute approximate surface area is 88.0 Å². The molecule has 0 spiro atoms. The molecule has 82 valence electrons. The van der Waals surface area contributed by atoms with Gasteiger partial charge in [0.15, 0.2) is 9.84 Å². The molecule has 0 atom stereocenters. The van der Waals surface area contributed by atoms with Crippen LogP contribution >= 0.6 is 0 Å². The molecule has 0 saturated heterocycles. The molecule has 0 fully saturated rings. The molecular formula is C9H12N2O3S. The minimum absolute atomic E-state index is 0.115. The van der Waals surface area contributed by atoms with E-state index < -0.39 is 15.7 Å². The number of rotatable bonds is 4. The SMILES string of the molecule is NC(=O)CCS(=O)(=O)c1cccc(N)c1. The van der Waals surface area contributed by atoms with E-state index in [9.17, 15) is 13.2 Å². The van der Waals surface area contributed by atoms with Gasteiger partial charge >= 0.3 is 0 Å². The molecule has 0 aliphatic heterocycles. The smallest absolute Gasteiger partial charge is 0.218 e. The van der Waals surface area contributed by atoms with E-state index >= 15 is 0 Å². The van der Waals surface area contributed by atoms with E-state index in [-0.39, 0.29) is 17.1 Å². The molecule has 0 radical (unpaired) electrons. The molecule has 1 amide bonds. The molecule has 15 heavy (non-hydrogen) atoms. The fourth-order valence-corrected chi connectivity index (χ4v) is 2.37. The summed E-state index contributed by atoms with van der Waals surface area (Å²) in [5, 5.41) is 0. The molecule has 5 nitrogen and oxygen atoms in total. The molecule has 0 bridgehead atoms. The number of benzene rings is 1. The average Bonchev–Trinajstić information content (AvgIpc) is 2.15. The normalized spacial score (nSPS) is 11.2. The van der Waals surface area contributed by atoms with Crippen molar-refractivity contribution in [3.63, 3.8) is 0 Å². The van der Waals surface area contributed by atoms with Crippen LogP contribution in [0.1, 0.15) is 6.42 Å². The fourth-order valence-electron chi connectivity index (χ4n) is 1.06. The molecule has 4 N–H and O–H groups in total. The van der Waals surface area contributed by atoms with Crippen LogP contribution in [0.5, 0.6) is 0 Å². The highest BCUT2D eigenvalue weighted by Crippen LogP contribution is 2.14. The molecule has 0 unspecified atom stereocenters. The number of hydrogen-bond acceptors (Lipinski definition) is 4. The molecule has 0 aliphatic rings. The number of primary amides is 1. The predicted octanol–water partition coefficient (Wildman–Crippen LogP) is -0.0821. The number of sulfone groups is 1. The second-order valence-electron chi connectivity index (χ2n) is 3.11. The van der Waals surface area contributed by atoms with E-state index in [0.717, 1.165) is 0 Å². The zero-order valence-electron chi connectivity index (χ0n) is 8.01. The van der Waals surface area contributed by atoms with Gasteiger partial charge in [-0.1, -0.05) is 6.07 Å². The summed E-state index contributed by atoms with van der Waals surface area (Å²) in [6.45, 7) is 0. The maximum absolute atomic E-state index is 11.6. The first kappa shape index (κ1) is 11.5. The van der Waals surface area contributed by atoms with Crippen molar-refractivity contribution in [2.75, 3.05) is 11.5 Å². The lowest BCUT2D eigenvalue weighted by Crippen LogP contribution is -2.17. The Morgan fingerprint density at radius 1 is 1.33 bits per heavy atom. The van der Waals surface area contributed by atoms with Gasteiger partial charge in [-0.3, -0.25) is 4.79 Å². The van der Waals surface area contributed by atoms with Crippen molar-refractivity contribution in [3.05, 3.63) is 24.3 Å². The van der Waals surface area contributed by atoms with Crippen LogP contribution in [0.25, 0.3) is 0 Å². The lowest BCUT2D eigenvalue weighted by Gasteiger charge is -2.03. The van der Waals surface area contributed by atoms with Crippen LogP contribution in [0.3, 0.4) is 0 Å². The minimum Gasteiger partial charge on any atom is -0.399 e. The minimum atomic E-state index is -3.46. The zero-order valence-corrected chi connectivity index (χ0v) is 8.83. The second-order valence-corrected chi connectivity index (χ2v) is 5.22. The first-order valence-corrected chi connectivity index (χ1v) is 5.93. The summed E-state index contributed by atoms with van der Waals surface area (Å²) >= 11 is 0. The number of carbonyl (C=O) groups excluding carboxylic acids is 1. The number of amides is 1. The third-order valence-electron chi connectivity index (χ3n) is 1.83. The molecule has 0 aliphatic carbocycles. The van der Waals surface area contributed by atoms with E-state index in [4.69, 9.17) is 11.5 Å². The molecule has 1 aromatic carbocycles. The standard InChI is InChI=1S/C9H12N2O3S/c10-7-2-1-3-8(6-7)15(13,14)5-4-9(11)12/h1-3,6H,4-5,10H2,(H2,11,12). The van der Waals surface area contributed by atoms with Crippen molar-refractivity contribution < 1.29 is 13.2 Å². The molecule has 1 rings (SSSR count). The maximum atomic E-state index is 11.6. The summed E-state index contributed by atoms with van der Waals surface area (Å²) < 4.78 is 23.3. The Morgan fingerprint density at radius 3 is 2.53 bits per heavy atom. The Kier molecular flexibility index (Phi) is 3.31. The Hall–Kier alpha value is -1.56. The lowest BCUT2D eigenvalue weighted by atomic mass is 10.3. The third kappa shape index (κ3) is 3.25. The highest BCUT2D eigenvalue weighted by Gasteiger charge is 2.15. The van der Waals surface area contributed by atoms with Gasteiger partial charge in [0, 0.05) is 12.1 Å². The molecular weight excluding hydrogens is 216 g/mol. The van der Waals surface area contributed by atoms with E-state index in [1.807, 2.05) is 0 Å². The third-order valence-corrected chi connectivity index (χ3v) is 3.55. The van der Waals surface area contributed by atoms with E-state index in [0.29, 0.717) is 5.69 Å². The average molecular weight is 228 g/mol. The Morgan fingerprint density at radius 2 is 2.00 bits per heavy atom. The van der Waals surface area contributed by atoms with Gasteiger partial charge in [0.05, 0.1) is 10.6 Å². The van der Waals surface area contributed by atoms with Crippen molar-refractivity contribution in [1.29, 1.82) is 0 Å². The van der Waals surface area contributed by atoms with Crippen molar-refractivity contribution in [3.8, 4) is 0 Å². The van der Waals surface area contributed by atoms with Crippen molar-refractivity contribution in [2.45, 2.75) is 11.3 Å². The van der Waals surface area contributed by atoms with Crippen molar-refractivity contribution >= 4 is 21.4 Å². The molecule has 0 aromatic heterocycles.